The number of halogens is 6. The molecule has 0 aromatic heterocycles. The van der Waals surface area contributed by atoms with Gasteiger partial charge in [-0.2, -0.15) is 26.3 Å². The average Bonchev–Trinajstić information content (AvgIpc) is 3.00. The van der Waals surface area contributed by atoms with Crippen LogP contribution in [-0.4, -0.2) is 30.0 Å². The molecule has 3 rings (SSSR count). The first-order valence-electron chi connectivity index (χ1n) is 9.91. The molecule has 0 saturated carbocycles. The van der Waals surface area contributed by atoms with Crippen molar-refractivity contribution in [3.8, 4) is 5.75 Å². The van der Waals surface area contributed by atoms with Crippen molar-refractivity contribution in [2.75, 3.05) is 7.11 Å². The predicted molar refractivity (Wildman–Crippen MR) is 105 cm³/mol. The lowest BCUT2D eigenvalue weighted by atomic mass is 10.0. The monoisotopic (exact) mass is 474 g/mol. The molecule has 1 N–H and O–H groups in total. The zero-order chi connectivity index (χ0) is 24.4. The third-order valence-corrected chi connectivity index (χ3v) is 5.21. The van der Waals surface area contributed by atoms with Gasteiger partial charge in [0.2, 0.25) is 0 Å². The van der Waals surface area contributed by atoms with Crippen molar-refractivity contribution in [3.63, 3.8) is 0 Å². The lowest BCUT2D eigenvalue weighted by molar-refractivity contribution is -0.143. The first-order chi connectivity index (χ1) is 15.4. The lowest BCUT2D eigenvalue weighted by Gasteiger charge is -2.17. The number of urea groups is 1. The largest absolute Gasteiger partial charge is 0.497 e. The van der Waals surface area contributed by atoms with Crippen LogP contribution in [0.4, 0.5) is 31.1 Å². The van der Waals surface area contributed by atoms with Crippen LogP contribution >= 0.6 is 0 Å². The summed E-state index contributed by atoms with van der Waals surface area (Å²) in [4.78, 5) is 25.4. The van der Waals surface area contributed by atoms with E-state index in [9.17, 15) is 35.9 Å². The quantitative estimate of drug-likeness (QED) is 0.445. The maximum atomic E-state index is 13.1. The zero-order valence-corrected chi connectivity index (χ0v) is 17.4. The van der Waals surface area contributed by atoms with Gasteiger partial charge in [-0.25, -0.2) is 4.79 Å². The van der Waals surface area contributed by atoms with Crippen molar-refractivity contribution in [2.45, 2.75) is 44.2 Å². The van der Waals surface area contributed by atoms with Crippen LogP contribution in [0.3, 0.4) is 0 Å². The van der Waals surface area contributed by atoms with E-state index in [1.165, 1.54) is 0 Å². The van der Waals surface area contributed by atoms with Gasteiger partial charge in [0.15, 0.2) is 0 Å². The number of imide groups is 1. The van der Waals surface area contributed by atoms with E-state index in [1.807, 2.05) is 12.1 Å². The van der Waals surface area contributed by atoms with Crippen LogP contribution in [0, 0.1) is 0 Å². The summed E-state index contributed by atoms with van der Waals surface area (Å²) < 4.78 is 83.4. The smallest absolute Gasteiger partial charge is 0.416 e. The fourth-order valence-corrected chi connectivity index (χ4v) is 3.52. The number of methoxy groups -OCH3 is 1. The molecule has 1 aliphatic rings. The Morgan fingerprint density at radius 1 is 0.909 bits per heavy atom. The van der Waals surface area contributed by atoms with Crippen LogP contribution in [-0.2, 0) is 30.1 Å². The van der Waals surface area contributed by atoms with Gasteiger partial charge in [-0.15, -0.1) is 0 Å². The van der Waals surface area contributed by atoms with E-state index in [2.05, 4.69) is 5.32 Å². The minimum absolute atomic E-state index is 0.00263. The molecule has 1 saturated heterocycles. The summed E-state index contributed by atoms with van der Waals surface area (Å²) in [5, 5.41) is 2.44. The predicted octanol–water partition coefficient (Wildman–Crippen LogP) is 5.18. The summed E-state index contributed by atoms with van der Waals surface area (Å²) in [6.07, 6.45) is -8.64. The SMILES string of the molecule is COc1ccc(CCCC2NC(=O)N(Cc3cc(C(F)(F)F)cc(C(F)(F)F)c3)C2=O)cc1. The Hall–Kier alpha value is -3.24. The molecule has 1 fully saturated rings. The molecule has 1 unspecified atom stereocenters. The minimum atomic E-state index is -5.02. The molecule has 0 spiro atoms. The second kappa shape index (κ2) is 9.32. The average molecular weight is 474 g/mol. The molecule has 11 heteroatoms. The molecule has 1 atom stereocenters. The number of hydrogen-bond donors (Lipinski definition) is 1. The summed E-state index contributed by atoms with van der Waals surface area (Å²) in [6.45, 7) is -0.702. The Morgan fingerprint density at radius 3 is 2.00 bits per heavy atom. The van der Waals surface area contributed by atoms with Gasteiger partial charge in [0.1, 0.15) is 11.8 Å². The highest BCUT2D eigenvalue weighted by atomic mass is 19.4. The van der Waals surface area contributed by atoms with Gasteiger partial charge < -0.3 is 10.1 Å². The standard InChI is InChI=1S/C22H20F6N2O3/c1-33-17-7-5-13(6-8-17)3-2-4-18-19(31)30(20(32)29-18)12-14-9-15(21(23,24)25)11-16(10-14)22(26,27)28/h5-11,18H,2-4,12H2,1H3,(H,29,32). The number of nitrogens with one attached hydrogen (secondary N) is 1. The van der Waals surface area contributed by atoms with E-state index in [4.69, 9.17) is 4.74 Å². The number of rotatable bonds is 7. The number of amides is 3. The van der Waals surface area contributed by atoms with E-state index in [1.54, 1.807) is 19.2 Å². The summed E-state index contributed by atoms with van der Waals surface area (Å²) >= 11 is 0. The third kappa shape index (κ3) is 5.96. The number of hydrogen-bond acceptors (Lipinski definition) is 3. The van der Waals surface area contributed by atoms with Gasteiger partial charge in [0.05, 0.1) is 24.8 Å². The first kappa shape index (κ1) is 24.4. The summed E-state index contributed by atoms with van der Waals surface area (Å²) in [5.41, 5.74) is -2.47. The Balaban J connectivity index is 1.68. The number of alkyl halides is 6. The van der Waals surface area contributed by atoms with Crippen molar-refractivity contribution in [2.24, 2.45) is 0 Å². The molecular weight excluding hydrogens is 454 g/mol. The summed E-state index contributed by atoms with van der Waals surface area (Å²) in [7, 11) is 1.54. The van der Waals surface area contributed by atoms with Crippen molar-refractivity contribution in [1.29, 1.82) is 0 Å². The van der Waals surface area contributed by atoms with Crippen LogP contribution in [0.25, 0.3) is 0 Å². The van der Waals surface area contributed by atoms with Crippen molar-refractivity contribution in [1.82, 2.24) is 10.2 Å². The van der Waals surface area contributed by atoms with Gasteiger partial charge in [-0.3, -0.25) is 9.69 Å². The fraction of sp³-hybridized carbons (Fsp3) is 0.364. The zero-order valence-electron chi connectivity index (χ0n) is 17.4. The van der Waals surface area contributed by atoms with E-state index < -0.39 is 53.6 Å². The number of carbonyl (C=O) groups excluding carboxylic acids is 2. The number of carbonyl (C=O) groups is 2. The summed E-state index contributed by atoms with van der Waals surface area (Å²) in [5.74, 6) is -0.00315. The minimum Gasteiger partial charge on any atom is -0.497 e. The van der Waals surface area contributed by atoms with Crippen molar-refractivity contribution >= 4 is 11.9 Å². The Morgan fingerprint density at radius 2 is 1.48 bits per heavy atom. The van der Waals surface area contributed by atoms with E-state index in [0.717, 1.165) is 5.56 Å². The van der Waals surface area contributed by atoms with E-state index in [-0.39, 0.29) is 12.5 Å². The molecule has 3 amide bonds. The topological polar surface area (TPSA) is 58.6 Å². The van der Waals surface area contributed by atoms with Crippen molar-refractivity contribution in [3.05, 3.63) is 64.7 Å². The molecule has 178 valence electrons. The first-order valence-corrected chi connectivity index (χ1v) is 9.91. The number of ether oxygens (including phenoxy) is 1. The highest BCUT2D eigenvalue weighted by Crippen LogP contribution is 2.36. The Bertz CT molecular complexity index is 986. The maximum absolute atomic E-state index is 13.1. The number of benzene rings is 2. The molecule has 0 aliphatic carbocycles. The van der Waals surface area contributed by atoms with Gasteiger partial charge in [0.25, 0.3) is 5.91 Å². The highest BCUT2D eigenvalue weighted by molar-refractivity contribution is 6.04. The maximum Gasteiger partial charge on any atom is 0.416 e. The van der Waals surface area contributed by atoms with Crippen LogP contribution in [0.1, 0.15) is 35.1 Å². The Kier molecular flexibility index (Phi) is 6.89. The second-order valence-corrected chi connectivity index (χ2v) is 7.58. The van der Waals surface area contributed by atoms with Crippen LogP contribution < -0.4 is 10.1 Å². The van der Waals surface area contributed by atoms with Gasteiger partial charge >= 0.3 is 18.4 Å². The molecular formula is C22H20F6N2O3. The molecule has 0 radical (unpaired) electrons. The second-order valence-electron chi connectivity index (χ2n) is 7.58. The third-order valence-electron chi connectivity index (χ3n) is 5.21. The van der Waals surface area contributed by atoms with E-state index >= 15 is 0 Å². The molecule has 1 heterocycles. The molecule has 0 bridgehead atoms. The van der Waals surface area contributed by atoms with Crippen LogP contribution in [0.5, 0.6) is 5.75 Å². The molecule has 5 nitrogen and oxygen atoms in total. The van der Waals surface area contributed by atoms with Gasteiger partial charge in [-0.1, -0.05) is 12.1 Å². The normalized spacial score (nSPS) is 16.8. The number of aryl methyl sites for hydroxylation is 1. The fourth-order valence-electron chi connectivity index (χ4n) is 3.52. The molecule has 1 aliphatic heterocycles. The van der Waals surface area contributed by atoms with Crippen molar-refractivity contribution < 1.29 is 40.7 Å². The Labute approximate surface area is 185 Å². The molecule has 2 aromatic carbocycles. The lowest BCUT2D eigenvalue weighted by Crippen LogP contribution is -2.31. The van der Waals surface area contributed by atoms with Gasteiger partial charge in [0, 0.05) is 0 Å². The molecule has 33 heavy (non-hydrogen) atoms. The highest BCUT2D eigenvalue weighted by Gasteiger charge is 2.40. The summed E-state index contributed by atoms with van der Waals surface area (Å²) in [6, 6.07) is 6.52. The van der Waals surface area contributed by atoms with Crippen LogP contribution in [0.2, 0.25) is 0 Å². The van der Waals surface area contributed by atoms with Gasteiger partial charge in [-0.05, 0) is 60.7 Å². The van der Waals surface area contributed by atoms with E-state index in [0.29, 0.717) is 35.6 Å². The molecule has 2 aromatic rings. The van der Waals surface area contributed by atoms with Crippen LogP contribution in [0.15, 0.2) is 42.5 Å². The number of nitrogens with zero attached hydrogens (tertiary/aromatic N) is 1.